The molecule has 1 aliphatic rings. The lowest BCUT2D eigenvalue weighted by atomic mass is 9.84. The molecule has 0 radical (unpaired) electrons. The standard InChI is InChI=1S/C10H15N3O/c11-9-8(6-12-13-10(9)14)7-4-2-1-3-5-7/h6-7H,1-5H2,(H2,11,12)(H,13,14). The van der Waals surface area contributed by atoms with Crippen LogP contribution in [-0.2, 0) is 0 Å². The highest BCUT2D eigenvalue weighted by Crippen LogP contribution is 2.33. The minimum absolute atomic E-state index is 0.256. The summed E-state index contributed by atoms with van der Waals surface area (Å²) in [5.41, 5.74) is 6.77. The molecule has 1 saturated carbocycles. The summed E-state index contributed by atoms with van der Waals surface area (Å²) in [5.74, 6) is 0.443. The van der Waals surface area contributed by atoms with Crippen LogP contribution in [0.1, 0.15) is 43.6 Å². The molecule has 0 atom stereocenters. The van der Waals surface area contributed by atoms with Crippen molar-refractivity contribution >= 4 is 5.69 Å². The van der Waals surface area contributed by atoms with Gasteiger partial charge in [0, 0.05) is 5.56 Å². The van der Waals surface area contributed by atoms with Crippen molar-refractivity contribution in [3.05, 3.63) is 22.1 Å². The molecule has 1 fully saturated rings. The normalized spacial score (nSPS) is 18.3. The zero-order chi connectivity index (χ0) is 9.97. The second-order valence-corrected chi connectivity index (χ2v) is 3.90. The van der Waals surface area contributed by atoms with Crippen LogP contribution in [0, 0.1) is 0 Å². The third-order valence-corrected chi connectivity index (χ3v) is 2.97. The highest BCUT2D eigenvalue weighted by Gasteiger charge is 2.18. The Morgan fingerprint density at radius 3 is 2.79 bits per heavy atom. The molecule has 4 nitrogen and oxygen atoms in total. The lowest BCUT2D eigenvalue weighted by molar-refractivity contribution is 0.443. The Hall–Kier alpha value is -1.32. The summed E-state index contributed by atoms with van der Waals surface area (Å²) >= 11 is 0. The summed E-state index contributed by atoms with van der Waals surface area (Å²) < 4.78 is 0. The summed E-state index contributed by atoms with van der Waals surface area (Å²) in [4.78, 5) is 11.2. The first-order chi connectivity index (χ1) is 6.79. The number of hydrogen-bond acceptors (Lipinski definition) is 3. The molecule has 2 rings (SSSR count). The average Bonchev–Trinajstić information content (AvgIpc) is 2.23. The Labute approximate surface area is 82.5 Å². The van der Waals surface area contributed by atoms with Crippen LogP contribution in [0.4, 0.5) is 5.69 Å². The van der Waals surface area contributed by atoms with E-state index in [2.05, 4.69) is 10.2 Å². The maximum Gasteiger partial charge on any atom is 0.287 e. The van der Waals surface area contributed by atoms with Crippen molar-refractivity contribution < 1.29 is 0 Å². The Kier molecular flexibility index (Phi) is 2.52. The van der Waals surface area contributed by atoms with E-state index in [0.717, 1.165) is 18.4 Å². The molecule has 1 aromatic heterocycles. The highest BCUT2D eigenvalue weighted by atomic mass is 16.1. The molecule has 0 saturated heterocycles. The predicted molar refractivity (Wildman–Crippen MR) is 55.1 cm³/mol. The minimum atomic E-state index is -0.256. The van der Waals surface area contributed by atoms with Crippen molar-refractivity contribution in [1.29, 1.82) is 0 Å². The molecule has 0 spiro atoms. The first kappa shape index (κ1) is 9.24. The van der Waals surface area contributed by atoms with Crippen LogP contribution >= 0.6 is 0 Å². The molecule has 76 valence electrons. The first-order valence-corrected chi connectivity index (χ1v) is 5.12. The van der Waals surface area contributed by atoms with Crippen LogP contribution in [0.5, 0.6) is 0 Å². The van der Waals surface area contributed by atoms with Gasteiger partial charge >= 0.3 is 0 Å². The predicted octanol–water partition coefficient (Wildman–Crippen LogP) is 1.40. The van der Waals surface area contributed by atoms with Gasteiger partial charge in [-0.05, 0) is 18.8 Å². The molecule has 1 aromatic rings. The van der Waals surface area contributed by atoms with E-state index in [1.165, 1.54) is 19.3 Å². The molecular formula is C10H15N3O. The second-order valence-electron chi connectivity index (χ2n) is 3.90. The number of nitrogens with one attached hydrogen (secondary N) is 1. The average molecular weight is 193 g/mol. The molecule has 4 heteroatoms. The highest BCUT2D eigenvalue weighted by molar-refractivity contribution is 5.44. The molecule has 1 heterocycles. The van der Waals surface area contributed by atoms with E-state index in [1.807, 2.05) is 0 Å². The summed E-state index contributed by atoms with van der Waals surface area (Å²) in [5, 5.41) is 6.15. The van der Waals surface area contributed by atoms with Gasteiger partial charge in [-0.15, -0.1) is 0 Å². The van der Waals surface area contributed by atoms with E-state index >= 15 is 0 Å². The van der Waals surface area contributed by atoms with Gasteiger partial charge in [0.25, 0.3) is 5.56 Å². The summed E-state index contributed by atoms with van der Waals surface area (Å²) in [6.07, 6.45) is 7.73. The summed E-state index contributed by atoms with van der Waals surface area (Å²) in [6.45, 7) is 0. The quantitative estimate of drug-likeness (QED) is 0.708. The van der Waals surface area contributed by atoms with Crippen LogP contribution in [0.15, 0.2) is 11.0 Å². The third-order valence-electron chi connectivity index (χ3n) is 2.97. The number of anilines is 1. The van der Waals surface area contributed by atoms with Crippen LogP contribution < -0.4 is 11.3 Å². The number of nitrogens with two attached hydrogens (primary N) is 1. The maximum atomic E-state index is 11.2. The molecule has 0 bridgehead atoms. The zero-order valence-corrected chi connectivity index (χ0v) is 8.12. The van der Waals surface area contributed by atoms with Crippen molar-refractivity contribution in [2.45, 2.75) is 38.0 Å². The van der Waals surface area contributed by atoms with Gasteiger partial charge in [0.05, 0.1) is 6.20 Å². The number of H-pyrrole nitrogens is 1. The number of aromatic amines is 1. The number of nitrogen functional groups attached to an aromatic ring is 1. The fourth-order valence-corrected chi connectivity index (χ4v) is 2.16. The van der Waals surface area contributed by atoms with Crippen molar-refractivity contribution in [2.75, 3.05) is 5.73 Å². The van der Waals surface area contributed by atoms with E-state index in [0.29, 0.717) is 11.6 Å². The fourth-order valence-electron chi connectivity index (χ4n) is 2.16. The number of nitrogens with zero attached hydrogens (tertiary/aromatic N) is 1. The minimum Gasteiger partial charge on any atom is -0.394 e. The van der Waals surface area contributed by atoms with Crippen molar-refractivity contribution in [1.82, 2.24) is 10.2 Å². The van der Waals surface area contributed by atoms with Crippen LogP contribution in [0.2, 0.25) is 0 Å². The van der Waals surface area contributed by atoms with Crippen molar-refractivity contribution in [3.8, 4) is 0 Å². The topological polar surface area (TPSA) is 71.8 Å². The third kappa shape index (κ3) is 1.64. The summed E-state index contributed by atoms with van der Waals surface area (Å²) in [7, 11) is 0. The molecule has 0 amide bonds. The summed E-state index contributed by atoms with van der Waals surface area (Å²) in [6, 6.07) is 0. The van der Waals surface area contributed by atoms with Gasteiger partial charge in [-0.1, -0.05) is 19.3 Å². The monoisotopic (exact) mass is 193 g/mol. The van der Waals surface area contributed by atoms with E-state index in [1.54, 1.807) is 6.20 Å². The van der Waals surface area contributed by atoms with Gasteiger partial charge in [0.1, 0.15) is 5.69 Å². The second kappa shape index (κ2) is 3.82. The number of rotatable bonds is 1. The van der Waals surface area contributed by atoms with Crippen molar-refractivity contribution in [3.63, 3.8) is 0 Å². The SMILES string of the molecule is Nc1c(C2CCCCC2)cn[nH]c1=O. The van der Waals surface area contributed by atoms with Crippen LogP contribution in [0.3, 0.4) is 0 Å². The van der Waals surface area contributed by atoms with Gasteiger partial charge in [0.2, 0.25) is 0 Å². The van der Waals surface area contributed by atoms with Crippen LogP contribution in [0.25, 0.3) is 0 Å². The smallest absolute Gasteiger partial charge is 0.287 e. The lowest BCUT2D eigenvalue weighted by Crippen LogP contribution is -2.18. The van der Waals surface area contributed by atoms with Gasteiger partial charge < -0.3 is 5.73 Å². The molecule has 1 aliphatic carbocycles. The van der Waals surface area contributed by atoms with Gasteiger partial charge in [-0.3, -0.25) is 4.79 Å². The van der Waals surface area contributed by atoms with E-state index < -0.39 is 0 Å². The Morgan fingerprint density at radius 2 is 2.07 bits per heavy atom. The molecule has 14 heavy (non-hydrogen) atoms. The van der Waals surface area contributed by atoms with Gasteiger partial charge in [0.15, 0.2) is 0 Å². The number of aromatic nitrogens is 2. The fraction of sp³-hybridized carbons (Fsp3) is 0.600. The zero-order valence-electron chi connectivity index (χ0n) is 8.12. The molecule has 0 unspecified atom stereocenters. The van der Waals surface area contributed by atoms with E-state index in [-0.39, 0.29) is 5.56 Å². The Bertz CT molecular complexity index is 366. The molecular weight excluding hydrogens is 178 g/mol. The van der Waals surface area contributed by atoms with E-state index in [4.69, 9.17) is 5.73 Å². The largest absolute Gasteiger partial charge is 0.394 e. The van der Waals surface area contributed by atoms with E-state index in [9.17, 15) is 4.79 Å². The van der Waals surface area contributed by atoms with Crippen molar-refractivity contribution in [2.24, 2.45) is 0 Å². The maximum absolute atomic E-state index is 11.2. The lowest BCUT2D eigenvalue weighted by Gasteiger charge is -2.22. The molecule has 3 N–H and O–H groups in total. The van der Waals surface area contributed by atoms with Gasteiger partial charge in [-0.25, -0.2) is 5.10 Å². The molecule has 0 aliphatic heterocycles. The Morgan fingerprint density at radius 1 is 1.36 bits per heavy atom. The van der Waals surface area contributed by atoms with Gasteiger partial charge in [-0.2, -0.15) is 5.10 Å². The number of hydrogen-bond donors (Lipinski definition) is 2. The van der Waals surface area contributed by atoms with Crippen LogP contribution in [-0.4, -0.2) is 10.2 Å². The molecule has 0 aromatic carbocycles. The first-order valence-electron chi connectivity index (χ1n) is 5.12. The Balaban J connectivity index is 2.30.